The summed E-state index contributed by atoms with van der Waals surface area (Å²) in [5.41, 5.74) is 4.12. The molecule has 150 valence electrons. The van der Waals surface area contributed by atoms with Crippen molar-refractivity contribution in [3.05, 3.63) is 90.0 Å². The van der Waals surface area contributed by atoms with Gasteiger partial charge in [0, 0.05) is 53.6 Å². The van der Waals surface area contributed by atoms with Crippen LogP contribution >= 0.6 is 0 Å². The largest absolute Gasteiger partial charge is 0.410 e. The van der Waals surface area contributed by atoms with E-state index in [0.29, 0.717) is 28.9 Å². The first-order chi connectivity index (χ1) is 14.7. The van der Waals surface area contributed by atoms with Gasteiger partial charge in [-0.1, -0.05) is 22.4 Å². The van der Waals surface area contributed by atoms with Crippen LogP contribution in [0.5, 0.6) is 0 Å². The lowest BCUT2D eigenvalue weighted by molar-refractivity contribution is -0.118. The topological polar surface area (TPSA) is 109 Å². The number of anilines is 1. The summed E-state index contributed by atoms with van der Waals surface area (Å²) in [6, 6.07) is 14.4. The molecule has 3 heterocycles. The first-order valence-electron chi connectivity index (χ1n) is 9.39. The molecule has 0 bridgehead atoms. The van der Waals surface area contributed by atoms with E-state index in [1.54, 1.807) is 61.2 Å². The zero-order valence-electron chi connectivity index (χ0n) is 16.0. The monoisotopic (exact) mass is 401 g/mol. The number of aromatic nitrogens is 2. The molecule has 0 aliphatic carbocycles. The maximum absolute atomic E-state index is 12.4. The Morgan fingerprint density at radius 1 is 1.07 bits per heavy atom. The number of rotatable bonds is 6. The van der Waals surface area contributed by atoms with Gasteiger partial charge in [0.15, 0.2) is 0 Å². The lowest BCUT2D eigenvalue weighted by Crippen LogP contribution is -2.20. The van der Waals surface area contributed by atoms with E-state index in [2.05, 4.69) is 25.6 Å². The van der Waals surface area contributed by atoms with Gasteiger partial charge in [-0.15, -0.1) is 0 Å². The molecule has 0 radical (unpaired) electrons. The van der Waals surface area contributed by atoms with E-state index >= 15 is 0 Å². The zero-order chi connectivity index (χ0) is 20.8. The minimum atomic E-state index is -0.307. The molecule has 3 aromatic rings. The van der Waals surface area contributed by atoms with Crippen LogP contribution in [-0.4, -0.2) is 38.6 Å². The third-order valence-electron chi connectivity index (χ3n) is 4.62. The average molecular weight is 401 g/mol. The Labute approximate surface area is 172 Å². The second-order valence-corrected chi connectivity index (χ2v) is 6.73. The molecule has 8 heteroatoms. The van der Waals surface area contributed by atoms with E-state index in [-0.39, 0.29) is 18.4 Å². The van der Waals surface area contributed by atoms with Crippen LogP contribution < -0.4 is 5.32 Å². The van der Waals surface area contributed by atoms with Crippen molar-refractivity contribution in [2.24, 2.45) is 10.3 Å². The predicted molar refractivity (Wildman–Crippen MR) is 112 cm³/mol. The zero-order valence-corrected chi connectivity index (χ0v) is 16.0. The second kappa shape index (κ2) is 8.95. The standard InChI is InChI=1S/C22H19N5O3/c28-21(12-19-11-20(27-30-19)16-3-1-9-23-13-16)25-18-7-5-15(6-8-18)22(26-29)17-4-2-10-24-14-17/h1-10,13-14,19,29H,11-12H2,(H,25,28). The molecule has 4 rings (SSSR count). The molecule has 2 aromatic heterocycles. The Bertz CT molecular complexity index is 1070. The maximum Gasteiger partial charge on any atom is 0.228 e. The molecule has 0 spiro atoms. The Hall–Kier alpha value is -4.07. The molecule has 0 saturated heterocycles. The molecular weight excluding hydrogens is 382 g/mol. The number of oxime groups is 2. The Morgan fingerprint density at radius 2 is 1.83 bits per heavy atom. The van der Waals surface area contributed by atoms with Crippen molar-refractivity contribution >= 4 is 23.0 Å². The molecule has 1 amide bonds. The van der Waals surface area contributed by atoms with Crippen molar-refractivity contribution in [1.82, 2.24) is 9.97 Å². The lowest BCUT2D eigenvalue weighted by atomic mass is 10.0. The van der Waals surface area contributed by atoms with Crippen LogP contribution in [0.4, 0.5) is 5.69 Å². The quantitative estimate of drug-likeness (QED) is 0.374. The Kier molecular flexibility index (Phi) is 5.75. The maximum atomic E-state index is 12.4. The van der Waals surface area contributed by atoms with Crippen molar-refractivity contribution in [1.29, 1.82) is 0 Å². The van der Waals surface area contributed by atoms with Gasteiger partial charge >= 0.3 is 0 Å². The van der Waals surface area contributed by atoms with E-state index in [0.717, 1.165) is 11.3 Å². The third-order valence-corrected chi connectivity index (χ3v) is 4.62. The molecule has 2 N–H and O–H groups in total. The number of amides is 1. The summed E-state index contributed by atoms with van der Waals surface area (Å²) in [6.45, 7) is 0. The summed E-state index contributed by atoms with van der Waals surface area (Å²) >= 11 is 0. The Morgan fingerprint density at radius 3 is 2.50 bits per heavy atom. The van der Waals surface area contributed by atoms with Gasteiger partial charge in [-0.05, 0) is 36.4 Å². The highest BCUT2D eigenvalue weighted by Gasteiger charge is 2.25. The molecule has 1 atom stereocenters. The third kappa shape index (κ3) is 4.49. The van der Waals surface area contributed by atoms with Gasteiger partial charge in [-0.2, -0.15) is 0 Å². The Balaban J connectivity index is 1.33. The SMILES string of the molecule is O=C(CC1CC(c2cccnc2)=NO1)Nc1ccc(C(=NO)c2cccnc2)cc1. The first-order valence-corrected chi connectivity index (χ1v) is 9.39. The van der Waals surface area contributed by atoms with Crippen LogP contribution in [0.3, 0.4) is 0 Å². The minimum Gasteiger partial charge on any atom is -0.410 e. The minimum absolute atomic E-state index is 0.168. The van der Waals surface area contributed by atoms with Crippen LogP contribution in [0.1, 0.15) is 29.5 Å². The fourth-order valence-corrected chi connectivity index (χ4v) is 3.16. The van der Waals surface area contributed by atoms with Gasteiger partial charge in [0.25, 0.3) is 0 Å². The highest BCUT2D eigenvalue weighted by atomic mass is 16.6. The molecule has 8 nitrogen and oxygen atoms in total. The van der Waals surface area contributed by atoms with Crippen LogP contribution in [0.2, 0.25) is 0 Å². The van der Waals surface area contributed by atoms with E-state index < -0.39 is 0 Å². The molecule has 1 aliphatic heterocycles. The fourth-order valence-electron chi connectivity index (χ4n) is 3.16. The normalized spacial score (nSPS) is 15.9. The summed E-state index contributed by atoms with van der Waals surface area (Å²) in [7, 11) is 0. The van der Waals surface area contributed by atoms with Gasteiger partial charge < -0.3 is 15.4 Å². The smallest absolute Gasteiger partial charge is 0.228 e. The van der Waals surface area contributed by atoms with E-state index in [1.165, 1.54) is 0 Å². The molecule has 1 unspecified atom stereocenters. The lowest BCUT2D eigenvalue weighted by Gasteiger charge is -2.10. The number of benzene rings is 1. The van der Waals surface area contributed by atoms with Gasteiger partial charge in [0.05, 0.1) is 12.1 Å². The number of carbonyl (C=O) groups is 1. The van der Waals surface area contributed by atoms with Crippen molar-refractivity contribution in [3.8, 4) is 0 Å². The fraction of sp³-hybridized carbons (Fsp3) is 0.136. The molecule has 1 aromatic carbocycles. The average Bonchev–Trinajstić information content (AvgIpc) is 3.25. The predicted octanol–water partition coefficient (Wildman–Crippen LogP) is 3.23. The van der Waals surface area contributed by atoms with E-state index in [9.17, 15) is 10.0 Å². The van der Waals surface area contributed by atoms with Crippen molar-refractivity contribution in [2.45, 2.75) is 18.9 Å². The number of pyridine rings is 2. The molecular formula is C22H19N5O3. The van der Waals surface area contributed by atoms with E-state index in [4.69, 9.17) is 4.84 Å². The van der Waals surface area contributed by atoms with Crippen LogP contribution in [-0.2, 0) is 9.63 Å². The van der Waals surface area contributed by atoms with Crippen LogP contribution in [0.25, 0.3) is 0 Å². The van der Waals surface area contributed by atoms with E-state index in [1.807, 2.05) is 12.1 Å². The summed E-state index contributed by atoms with van der Waals surface area (Å²) < 4.78 is 0. The summed E-state index contributed by atoms with van der Waals surface area (Å²) in [4.78, 5) is 25.9. The summed E-state index contributed by atoms with van der Waals surface area (Å²) in [5, 5.41) is 19.7. The molecule has 0 fully saturated rings. The number of hydrogen-bond acceptors (Lipinski definition) is 7. The van der Waals surface area contributed by atoms with Gasteiger partial charge in [-0.3, -0.25) is 14.8 Å². The highest BCUT2D eigenvalue weighted by molar-refractivity contribution is 6.12. The first kappa shape index (κ1) is 19.3. The van der Waals surface area contributed by atoms with Crippen LogP contribution in [0, 0.1) is 0 Å². The summed E-state index contributed by atoms with van der Waals surface area (Å²) in [6.07, 6.45) is 7.12. The van der Waals surface area contributed by atoms with Crippen molar-refractivity contribution < 1.29 is 14.8 Å². The number of nitrogens with zero attached hydrogens (tertiary/aromatic N) is 4. The van der Waals surface area contributed by atoms with Crippen molar-refractivity contribution in [3.63, 3.8) is 0 Å². The van der Waals surface area contributed by atoms with Gasteiger partial charge in [0.2, 0.25) is 5.91 Å². The highest BCUT2D eigenvalue weighted by Crippen LogP contribution is 2.20. The second-order valence-electron chi connectivity index (χ2n) is 6.73. The number of hydrogen-bond donors (Lipinski definition) is 2. The molecule has 1 aliphatic rings. The van der Waals surface area contributed by atoms with Crippen LogP contribution in [0.15, 0.2) is 83.6 Å². The van der Waals surface area contributed by atoms with Gasteiger partial charge in [0.1, 0.15) is 11.8 Å². The summed E-state index contributed by atoms with van der Waals surface area (Å²) in [5.74, 6) is -0.168. The van der Waals surface area contributed by atoms with Crippen molar-refractivity contribution in [2.75, 3.05) is 5.32 Å². The number of nitrogens with one attached hydrogen (secondary N) is 1. The number of carbonyl (C=O) groups excluding carboxylic acids is 1. The molecule has 0 saturated carbocycles. The van der Waals surface area contributed by atoms with Gasteiger partial charge in [-0.25, -0.2) is 0 Å². The molecule has 30 heavy (non-hydrogen) atoms.